The molecule has 3 aliphatic heterocycles. The van der Waals surface area contributed by atoms with Gasteiger partial charge in [-0.25, -0.2) is 0 Å². The zero-order chi connectivity index (χ0) is 16.9. The molecule has 3 heterocycles. The number of ether oxygens (including phenoxy) is 1. The number of methoxy groups -OCH3 is 1. The van der Waals surface area contributed by atoms with Crippen molar-refractivity contribution in [1.29, 1.82) is 0 Å². The van der Waals surface area contributed by atoms with Gasteiger partial charge in [0.15, 0.2) is 0 Å². The fourth-order valence-corrected chi connectivity index (χ4v) is 7.53. The number of carbonyl (C=O) groups excluding carboxylic acids is 1. The van der Waals surface area contributed by atoms with Crippen LogP contribution in [0, 0.1) is 10.8 Å². The summed E-state index contributed by atoms with van der Waals surface area (Å²) in [6.45, 7) is 2.34. The molecule has 5 aliphatic rings. The zero-order valence-electron chi connectivity index (χ0n) is 14.8. The Hall–Kier alpha value is -1.68. The Kier molecular flexibility index (Phi) is 2.52. The molecule has 0 amide bonds. The maximum absolute atomic E-state index is 13.1. The van der Waals surface area contributed by atoms with Gasteiger partial charge in [0.25, 0.3) is 0 Å². The minimum Gasteiger partial charge on any atom is -0.468 e. The third-order valence-electron chi connectivity index (χ3n) is 8.10. The maximum Gasteiger partial charge on any atom is 0.317 e. The van der Waals surface area contributed by atoms with Gasteiger partial charge in [0.1, 0.15) is 5.41 Å². The van der Waals surface area contributed by atoms with Gasteiger partial charge in [-0.05, 0) is 68.7 Å². The van der Waals surface area contributed by atoms with Gasteiger partial charge in [-0.3, -0.25) is 14.7 Å². The molecule has 2 spiro atoms. The molecule has 6 rings (SSSR count). The van der Waals surface area contributed by atoms with Gasteiger partial charge in [-0.15, -0.1) is 0 Å². The zero-order valence-corrected chi connectivity index (χ0v) is 14.8. The quantitative estimate of drug-likeness (QED) is 0.740. The topological polar surface area (TPSA) is 41.9 Å². The Morgan fingerprint density at radius 2 is 2.08 bits per heavy atom. The van der Waals surface area contributed by atoms with Crippen molar-refractivity contribution in [3.63, 3.8) is 0 Å². The molecule has 2 saturated carbocycles. The molecule has 1 aromatic carbocycles. The Labute approximate surface area is 148 Å². The summed E-state index contributed by atoms with van der Waals surface area (Å²) in [5, 5.41) is 0. The second-order valence-electron chi connectivity index (χ2n) is 8.85. The molecule has 4 atom stereocenters. The van der Waals surface area contributed by atoms with Crippen LogP contribution < -0.4 is 0 Å². The molecule has 130 valence electrons. The van der Waals surface area contributed by atoms with E-state index >= 15 is 0 Å². The number of nitrogens with zero attached hydrogens (tertiary/aromatic N) is 2. The van der Waals surface area contributed by atoms with Crippen LogP contribution in [0.1, 0.15) is 44.1 Å². The average Bonchev–Trinajstić information content (AvgIpc) is 3.30. The molecule has 0 unspecified atom stereocenters. The smallest absolute Gasteiger partial charge is 0.317 e. The van der Waals surface area contributed by atoms with Gasteiger partial charge in [0, 0.05) is 11.8 Å². The molecule has 4 fully saturated rings. The van der Waals surface area contributed by atoms with Gasteiger partial charge < -0.3 is 4.74 Å². The first kappa shape index (κ1) is 14.5. The van der Waals surface area contributed by atoms with Gasteiger partial charge in [-0.1, -0.05) is 18.2 Å². The highest BCUT2D eigenvalue weighted by Crippen LogP contribution is 2.71. The van der Waals surface area contributed by atoms with Crippen LogP contribution in [0.3, 0.4) is 0 Å². The van der Waals surface area contributed by atoms with Crippen molar-refractivity contribution in [2.24, 2.45) is 15.8 Å². The summed E-state index contributed by atoms with van der Waals surface area (Å²) >= 11 is 0. The first-order chi connectivity index (χ1) is 12.2. The van der Waals surface area contributed by atoms with E-state index in [0.717, 1.165) is 43.6 Å². The Morgan fingerprint density at radius 1 is 1.20 bits per heavy atom. The van der Waals surface area contributed by atoms with E-state index < -0.39 is 5.41 Å². The summed E-state index contributed by atoms with van der Waals surface area (Å²) in [6.07, 6.45) is 6.63. The van der Waals surface area contributed by atoms with Crippen LogP contribution in [-0.2, 0) is 14.9 Å². The van der Waals surface area contributed by atoms with E-state index in [1.54, 1.807) is 7.11 Å². The van der Waals surface area contributed by atoms with Crippen molar-refractivity contribution in [2.45, 2.75) is 50.0 Å². The predicted molar refractivity (Wildman–Crippen MR) is 95.2 cm³/mol. The number of rotatable bonds is 1. The van der Waals surface area contributed by atoms with E-state index in [-0.39, 0.29) is 16.8 Å². The predicted octanol–water partition coefficient (Wildman–Crippen LogP) is 3.22. The molecule has 1 aromatic rings. The molecule has 25 heavy (non-hydrogen) atoms. The number of carbonyl (C=O) groups is 1. The van der Waals surface area contributed by atoms with E-state index in [4.69, 9.17) is 9.73 Å². The maximum atomic E-state index is 13.1. The highest BCUT2D eigenvalue weighted by molar-refractivity contribution is 6.17. The SMILES string of the molecule is COC(=O)[C@@]12CC[C@]3(CCCN4CC[C@]5(C1=Nc1ccccc15)[C@@H]43)C2. The summed E-state index contributed by atoms with van der Waals surface area (Å²) in [5.74, 6) is -0.0437. The molecule has 2 bridgehead atoms. The van der Waals surface area contributed by atoms with Gasteiger partial charge in [-0.2, -0.15) is 0 Å². The first-order valence-corrected chi connectivity index (χ1v) is 9.68. The number of hydrogen-bond acceptors (Lipinski definition) is 4. The Bertz CT molecular complexity index is 833. The number of piperidine rings is 1. The van der Waals surface area contributed by atoms with Crippen LogP contribution in [0.4, 0.5) is 5.69 Å². The van der Waals surface area contributed by atoms with E-state index in [1.807, 2.05) is 0 Å². The van der Waals surface area contributed by atoms with Crippen LogP contribution >= 0.6 is 0 Å². The third kappa shape index (κ3) is 1.39. The number of aliphatic imine (C=N–C) groups is 1. The average molecular weight is 336 g/mol. The van der Waals surface area contributed by atoms with Crippen molar-refractivity contribution < 1.29 is 9.53 Å². The number of para-hydroxylation sites is 1. The minimum absolute atomic E-state index is 0.0437. The second kappa shape index (κ2) is 4.35. The fraction of sp³-hybridized carbons (Fsp3) is 0.619. The lowest BCUT2D eigenvalue weighted by Crippen LogP contribution is -2.65. The van der Waals surface area contributed by atoms with Crippen LogP contribution in [0.5, 0.6) is 0 Å². The van der Waals surface area contributed by atoms with Crippen molar-refractivity contribution in [3.05, 3.63) is 29.8 Å². The minimum atomic E-state index is -0.488. The molecule has 4 nitrogen and oxygen atoms in total. The number of esters is 1. The lowest BCUT2D eigenvalue weighted by atomic mass is 9.51. The van der Waals surface area contributed by atoms with Crippen molar-refractivity contribution >= 4 is 17.4 Å². The summed E-state index contributed by atoms with van der Waals surface area (Å²) in [7, 11) is 1.55. The normalized spacial score (nSPS) is 43.2. The summed E-state index contributed by atoms with van der Waals surface area (Å²) in [6, 6.07) is 9.14. The van der Waals surface area contributed by atoms with Crippen molar-refractivity contribution in [2.75, 3.05) is 20.2 Å². The fourth-order valence-electron chi connectivity index (χ4n) is 7.53. The van der Waals surface area contributed by atoms with E-state index in [0.29, 0.717) is 6.04 Å². The third-order valence-corrected chi connectivity index (χ3v) is 8.10. The lowest BCUT2D eigenvalue weighted by Gasteiger charge is -2.56. The van der Waals surface area contributed by atoms with Gasteiger partial charge in [0.2, 0.25) is 0 Å². The molecule has 0 radical (unpaired) electrons. The molecular formula is C21H24N2O2. The van der Waals surface area contributed by atoms with Gasteiger partial charge >= 0.3 is 5.97 Å². The molecule has 2 saturated heterocycles. The monoisotopic (exact) mass is 336 g/mol. The molecule has 0 aromatic heterocycles. The van der Waals surface area contributed by atoms with E-state index in [1.165, 1.54) is 24.9 Å². The first-order valence-electron chi connectivity index (χ1n) is 9.68. The van der Waals surface area contributed by atoms with Crippen LogP contribution in [0.15, 0.2) is 29.3 Å². The number of fused-ring (bicyclic) bond motifs is 3. The largest absolute Gasteiger partial charge is 0.468 e. The van der Waals surface area contributed by atoms with Crippen LogP contribution in [0.2, 0.25) is 0 Å². The van der Waals surface area contributed by atoms with Crippen LogP contribution in [0.25, 0.3) is 0 Å². The van der Waals surface area contributed by atoms with E-state index in [9.17, 15) is 4.79 Å². The molecular weight excluding hydrogens is 312 g/mol. The van der Waals surface area contributed by atoms with Crippen LogP contribution in [-0.4, -0.2) is 42.8 Å². The van der Waals surface area contributed by atoms with Gasteiger partial charge in [0.05, 0.1) is 18.2 Å². The summed E-state index contributed by atoms with van der Waals surface area (Å²) in [4.78, 5) is 20.9. The van der Waals surface area contributed by atoms with Crippen molar-refractivity contribution in [3.8, 4) is 0 Å². The molecule has 0 N–H and O–H groups in total. The molecule has 4 heteroatoms. The summed E-state index contributed by atoms with van der Waals surface area (Å²) < 4.78 is 5.36. The lowest BCUT2D eigenvalue weighted by molar-refractivity contribution is -0.150. The molecule has 2 aliphatic carbocycles. The standard InChI is InChI=1S/C21H24N2O2/c1-25-18(24)20-9-8-19(13-20)7-4-11-23-12-10-21(17(19)23)14-5-2-3-6-15(14)22-16(20)21/h2-3,5-6,17H,4,7-13H2,1H3/t17-,19+,20+,21-/m0/s1. The Balaban J connectivity index is 1.67. The number of benzene rings is 1. The highest BCUT2D eigenvalue weighted by atomic mass is 16.5. The van der Waals surface area contributed by atoms with Crippen molar-refractivity contribution in [1.82, 2.24) is 4.90 Å². The van der Waals surface area contributed by atoms with E-state index in [2.05, 4.69) is 29.2 Å². The highest BCUT2D eigenvalue weighted by Gasteiger charge is 2.75. The Morgan fingerprint density at radius 3 is 2.96 bits per heavy atom. The second-order valence-corrected chi connectivity index (χ2v) is 8.85. The number of hydrogen-bond donors (Lipinski definition) is 0. The summed E-state index contributed by atoms with van der Waals surface area (Å²) in [5.41, 5.74) is 3.34.